The van der Waals surface area contributed by atoms with Crippen LogP contribution in [0.15, 0.2) is 41.7 Å². The molecule has 1 aromatic heterocycles. The van der Waals surface area contributed by atoms with Gasteiger partial charge in [-0.15, -0.1) is 11.8 Å². The van der Waals surface area contributed by atoms with Crippen LogP contribution in [0.1, 0.15) is 17.3 Å². The Hall–Kier alpha value is -1.26. The average molecular weight is 245 g/mol. The van der Waals surface area contributed by atoms with Crippen LogP contribution >= 0.6 is 11.8 Å². The molecule has 1 atom stereocenters. The Labute approximate surface area is 105 Å². The molecule has 1 aromatic carbocycles. The number of benzene rings is 1. The highest BCUT2D eigenvalue weighted by molar-refractivity contribution is 7.99. The number of thioether (sulfide) groups is 1. The number of hydrogen-bond acceptors (Lipinski definition) is 3. The molecule has 0 amide bonds. The van der Waals surface area contributed by atoms with Crippen molar-refractivity contribution in [1.29, 1.82) is 0 Å². The molecule has 88 valence electrons. The fourth-order valence-corrected chi connectivity index (χ4v) is 3.33. The molecule has 2 aromatic rings. The molecule has 0 aliphatic carbocycles. The van der Waals surface area contributed by atoms with E-state index in [1.165, 1.54) is 16.2 Å². The molecule has 3 nitrogen and oxygen atoms in total. The molecule has 0 bridgehead atoms. The maximum atomic E-state index is 4.02. The molecule has 0 saturated carbocycles. The van der Waals surface area contributed by atoms with Crippen LogP contribution in [-0.4, -0.2) is 22.3 Å². The van der Waals surface area contributed by atoms with Gasteiger partial charge in [-0.05, 0) is 11.6 Å². The highest BCUT2D eigenvalue weighted by Crippen LogP contribution is 2.37. The maximum absolute atomic E-state index is 4.02. The number of hydrogen-bond donors (Lipinski definition) is 2. The van der Waals surface area contributed by atoms with E-state index in [1.54, 1.807) is 6.33 Å². The molecule has 2 N–H and O–H groups in total. The number of nitrogens with one attached hydrogen (secondary N) is 2. The Morgan fingerprint density at radius 2 is 2.35 bits per heavy atom. The third kappa shape index (κ3) is 2.37. The van der Waals surface area contributed by atoms with Gasteiger partial charge in [0, 0.05) is 41.5 Å². The van der Waals surface area contributed by atoms with Crippen LogP contribution in [0.3, 0.4) is 0 Å². The van der Waals surface area contributed by atoms with E-state index in [9.17, 15) is 0 Å². The molecule has 0 fully saturated rings. The average Bonchev–Trinajstić information content (AvgIpc) is 2.99. The second-order valence-electron chi connectivity index (χ2n) is 4.18. The van der Waals surface area contributed by atoms with Crippen molar-refractivity contribution in [2.45, 2.75) is 17.4 Å². The van der Waals surface area contributed by atoms with Crippen molar-refractivity contribution in [3.63, 3.8) is 0 Å². The normalized spacial score (nSPS) is 18.2. The second-order valence-corrected chi connectivity index (χ2v) is 5.24. The first kappa shape index (κ1) is 10.9. The number of imidazole rings is 1. The van der Waals surface area contributed by atoms with E-state index in [1.807, 2.05) is 18.0 Å². The standard InChI is InChI=1S/C13H15N3S/c1-2-4-13-11(3-1)12(8-17-13)15-6-5-10-7-14-9-16-10/h1-4,7,9,12,15H,5-6,8H2,(H,14,16). The van der Waals surface area contributed by atoms with Gasteiger partial charge in [0.15, 0.2) is 0 Å². The summed E-state index contributed by atoms with van der Waals surface area (Å²) in [7, 11) is 0. The van der Waals surface area contributed by atoms with Crippen LogP contribution in [-0.2, 0) is 6.42 Å². The molecule has 1 unspecified atom stereocenters. The van der Waals surface area contributed by atoms with Gasteiger partial charge in [0.2, 0.25) is 0 Å². The van der Waals surface area contributed by atoms with E-state index < -0.39 is 0 Å². The largest absolute Gasteiger partial charge is 0.348 e. The van der Waals surface area contributed by atoms with Crippen molar-refractivity contribution in [1.82, 2.24) is 15.3 Å². The van der Waals surface area contributed by atoms with Crippen LogP contribution in [0.2, 0.25) is 0 Å². The fraction of sp³-hybridized carbons (Fsp3) is 0.308. The minimum atomic E-state index is 0.499. The summed E-state index contributed by atoms with van der Waals surface area (Å²) in [6.45, 7) is 0.988. The quantitative estimate of drug-likeness (QED) is 0.869. The molecule has 1 aliphatic heterocycles. The first-order valence-electron chi connectivity index (χ1n) is 5.86. The highest BCUT2D eigenvalue weighted by atomic mass is 32.2. The number of fused-ring (bicyclic) bond motifs is 1. The summed E-state index contributed by atoms with van der Waals surface area (Å²) in [5, 5.41) is 3.61. The van der Waals surface area contributed by atoms with Crippen molar-refractivity contribution in [3.05, 3.63) is 48.0 Å². The third-order valence-corrected chi connectivity index (χ3v) is 4.22. The van der Waals surface area contributed by atoms with Gasteiger partial charge in [0.05, 0.1) is 6.33 Å². The topological polar surface area (TPSA) is 40.7 Å². The van der Waals surface area contributed by atoms with E-state index in [2.05, 4.69) is 39.6 Å². The monoisotopic (exact) mass is 245 g/mol. The number of H-pyrrole nitrogens is 1. The zero-order chi connectivity index (χ0) is 11.5. The molecule has 1 aliphatic rings. The first-order valence-corrected chi connectivity index (χ1v) is 6.84. The SMILES string of the molecule is c1ccc2c(c1)SCC2NCCc1cnc[nH]1. The van der Waals surface area contributed by atoms with E-state index >= 15 is 0 Å². The molecular weight excluding hydrogens is 230 g/mol. The van der Waals surface area contributed by atoms with Gasteiger partial charge in [0.25, 0.3) is 0 Å². The van der Waals surface area contributed by atoms with Gasteiger partial charge in [-0.2, -0.15) is 0 Å². The van der Waals surface area contributed by atoms with Crippen molar-refractivity contribution in [2.24, 2.45) is 0 Å². The zero-order valence-electron chi connectivity index (χ0n) is 9.52. The Bertz CT molecular complexity index is 481. The smallest absolute Gasteiger partial charge is 0.0921 e. The lowest BCUT2D eigenvalue weighted by Crippen LogP contribution is -2.23. The molecule has 17 heavy (non-hydrogen) atoms. The summed E-state index contributed by atoms with van der Waals surface area (Å²) < 4.78 is 0. The van der Waals surface area contributed by atoms with Crippen molar-refractivity contribution >= 4 is 11.8 Å². The predicted octanol–water partition coefficient (Wildman–Crippen LogP) is 2.39. The van der Waals surface area contributed by atoms with E-state index in [4.69, 9.17) is 0 Å². The fourth-order valence-electron chi connectivity index (χ4n) is 2.13. The predicted molar refractivity (Wildman–Crippen MR) is 70.2 cm³/mol. The lowest BCUT2D eigenvalue weighted by Gasteiger charge is -2.12. The lowest BCUT2D eigenvalue weighted by molar-refractivity contribution is 0.583. The Balaban J connectivity index is 1.57. The van der Waals surface area contributed by atoms with Gasteiger partial charge >= 0.3 is 0 Å². The first-order chi connectivity index (χ1) is 8.43. The van der Waals surface area contributed by atoms with Crippen molar-refractivity contribution in [3.8, 4) is 0 Å². The number of nitrogens with zero attached hydrogens (tertiary/aromatic N) is 1. The van der Waals surface area contributed by atoms with Crippen LogP contribution in [0, 0.1) is 0 Å². The van der Waals surface area contributed by atoms with E-state index in [0.717, 1.165) is 18.7 Å². The lowest BCUT2D eigenvalue weighted by atomic mass is 10.1. The number of rotatable bonds is 4. The Morgan fingerprint density at radius 3 is 3.24 bits per heavy atom. The molecule has 0 radical (unpaired) electrons. The van der Waals surface area contributed by atoms with Gasteiger partial charge in [-0.25, -0.2) is 4.98 Å². The van der Waals surface area contributed by atoms with E-state index in [-0.39, 0.29) is 0 Å². The summed E-state index contributed by atoms with van der Waals surface area (Å²) >= 11 is 1.94. The number of aromatic amines is 1. The zero-order valence-corrected chi connectivity index (χ0v) is 10.3. The summed E-state index contributed by atoms with van der Waals surface area (Å²) in [6.07, 6.45) is 4.62. The van der Waals surface area contributed by atoms with Crippen molar-refractivity contribution < 1.29 is 0 Å². The Morgan fingerprint density at radius 1 is 1.41 bits per heavy atom. The van der Waals surface area contributed by atoms with Crippen LogP contribution < -0.4 is 5.32 Å². The second kappa shape index (κ2) is 4.94. The molecular formula is C13H15N3S. The summed E-state index contributed by atoms with van der Waals surface area (Å²) in [4.78, 5) is 8.57. The number of aromatic nitrogens is 2. The van der Waals surface area contributed by atoms with Gasteiger partial charge in [0.1, 0.15) is 0 Å². The van der Waals surface area contributed by atoms with Gasteiger partial charge in [-0.3, -0.25) is 0 Å². The molecule has 3 rings (SSSR count). The minimum absolute atomic E-state index is 0.499. The van der Waals surface area contributed by atoms with E-state index in [0.29, 0.717) is 6.04 Å². The third-order valence-electron chi connectivity index (χ3n) is 3.04. The summed E-state index contributed by atoms with van der Waals surface area (Å²) in [6, 6.07) is 9.16. The summed E-state index contributed by atoms with van der Waals surface area (Å²) in [5.41, 5.74) is 2.64. The van der Waals surface area contributed by atoms with Crippen molar-refractivity contribution in [2.75, 3.05) is 12.3 Å². The Kier molecular flexibility index (Phi) is 3.16. The maximum Gasteiger partial charge on any atom is 0.0921 e. The molecule has 0 spiro atoms. The van der Waals surface area contributed by atoms with Gasteiger partial charge < -0.3 is 10.3 Å². The molecule has 2 heterocycles. The summed E-state index contributed by atoms with van der Waals surface area (Å²) in [5.74, 6) is 1.14. The highest BCUT2D eigenvalue weighted by Gasteiger charge is 2.21. The molecule has 0 saturated heterocycles. The molecule has 4 heteroatoms. The minimum Gasteiger partial charge on any atom is -0.348 e. The van der Waals surface area contributed by atoms with Crippen LogP contribution in [0.4, 0.5) is 0 Å². The van der Waals surface area contributed by atoms with Gasteiger partial charge in [-0.1, -0.05) is 18.2 Å². The van der Waals surface area contributed by atoms with Crippen LogP contribution in [0.25, 0.3) is 0 Å². The van der Waals surface area contributed by atoms with Crippen LogP contribution in [0.5, 0.6) is 0 Å².